The minimum atomic E-state index is -0.257. The summed E-state index contributed by atoms with van der Waals surface area (Å²) in [7, 11) is 0. The van der Waals surface area contributed by atoms with Gasteiger partial charge in [-0.2, -0.15) is 4.98 Å². The van der Waals surface area contributed by atoms with Crippen LogP contribution in [0.3, 0.4) is 0 Å². The van der Waals surface area contributed by atoms with Gasteiger partial charge < -0.3 is 5.32 Å². The Labute approximate surface area is 136 Å². The second-order valence-corrected chi connectivity index (χ2v) is 6.78. The lowest BCUT2D eigenvalue weighted by Crippen LogP contribution is -2.32. The SMILES string of the molecule is Cc1ccsc1[C@@H]1CC(=O)Nc2c1c(=O)nc1c(C)cccn21. The molecule has 0 aromatic carbocycles. The highest BCUT2D eigenvalue weighted by Gasteiger charge is 2.33. The standard InChI is InChI=1S/C17H15N3O2S/c1-9-5-7-23-14(9)11-8-12(21)18-16-13(11)17(22)19-15-10(2)4-3-6-20(15)16/h3-7,11H,8H2,1-2H3,(H,18,21)/t11-/m1/s1. The Balaban J connectivity index is 2.07. The molecule has 4 rings (SSSR count). The lowest BCUT2D eigenvalue weighted by atomic mass is 9.90. The van der Waals surface area contributed by atoms with Crippen LogP contribution in [0.5, 0.6) is 0 Å². The average Bonchev–Trinajstić information content (AvgIpc) is 2.93. The molecule has 0 unspecified atom stereocenters. The van der Waals surface area contributed by atoms with Crippen LogP contribution in [0.25, 0.3) is 5.65 Å². The van der Waals surface area contributed by atoms with Crippen LogP contribution in [0.2, 0.25) is 0 Å². The smallest absolute Gasteiger partial charge is 0.279 e. The summed E-state index contributed by atoms with van der Waals surface area (Å²) in [4.78, 5) is 30.2. The number of hydrogen-bond donors (Lipinski definition) is 1. The lowest BCUT2D eigenvalue weighted by Gasteiger charge is -2.26. The summed E-state index contributed by atoms with van der Waals surface area (Å²) in [6.45, 7) is 3.91. The molecule has 116 valence electrons. The van der Waals surface area contributed by atoms with Crippen LogP contribution < -0.4 is 10.9 Å². The van der Waals surface area contributed by atoms with Crippen molar-refractivity contribution in [2.24, 2.45) is 0 Å². The van der Waals surface area contributed by atoms with E-state index < -0.39 is 0 Å². The van der Waals surface area contributed by atoms with Crippen molar-refractivity contribution in [3.63, 3.8) is 0 Å². The maximum atomic E-state index is 12.7. The summed E-state index contributed by atoms with van der Waals surface area (Å²) in [6.07, 6.45) is 2.11. The fraction of sp³-hybridized carbons (Fsp3) is 0.235. The van der Waals surface area contributed by atoms with Crippen molar-refractivity contribution < 1.29 is 4.79 Å². The minimum absolute atomic E-state index is 0.0730. The molecule has 3 aromatic heterocycles. The molecule has 5 nitrogen and oxygen atoms in total. The van der Waals surface area contributed by atoms with E-state index in [2.05, 4.69) is 10.3 Å². The second-order valence-electron chi connectivity index (χ2n) is 5.84. The quantitative estimate of drug-likeness (QED) is 0.748. The van der Waals surface area contributed by atoms with Crippen molar-refractivity contribution in [1.82, 2.24) is 9.38 Å². The van der Waals surface area contributed by atoms with Gasteiger partial charge in [-0.3, -0.25) is 14.0 Å². The molecule has 0 saturated carbocycles. The first kappa shape index (κ1) is 14.1. The molecule has 1 atom stereocenters. The second kappa shape index (κ2) is 5.03. The number of amides is 1. The van der Waals surface area contributed by atoms with Gasteiger partial charge in [0.15, 0.2) is 0 Å². The van der Waals surface area contributed by atoms with Crippen LogP contribution in [0.1, 0.15) is 33.9 Å². The van der Waals surface area contributed by atoms with Crippen LogP contribution in [-0.2, 0) is 4.79 Å². The number of thiophene rings is 1. The van der Waals surface area contributed by atoms with Crippen LogP contribution in [0.15, 0.2) is 34.6 Å². The monoisotopic (exact) mass is 325 g/mol. The Bertz CT molecular complexity index is 1000. The molecule has 1 aliphatic heterocycles. The summed E-state index contributed by atoms with van der Waals surface area (Å²) in [5, 5.41) is 4.86. The number of carbonyl (C=O) groups excluding carboxylic acids is 1. The number of pyridine rings is 1. The maximum Gasteiger partial charge on any atom is 0.279 e. The summed E-state index contributed by atoms with van der Waals surface area (Å²) in [6, 6.07) is 5.81. The van der Waals surface area contributed by atoms with Crippen molar-refractivity contribution in [3.05, 3.63) is 61.7 Å². The zero-order chi connectivity index (χ0) is 16.1. The molecule has 1 N–H and O–H groups in total. The number of aryl methyl sites for hydroxylation is 2. The van der Waals surface area contributed by atoms with E-state index in [-0.39, 0.29) is 23.8 Å². The van der Waals surface area contributed by atoms with E-state index in [0.717, 1.165) is 16.0 Å². The molecule has 23 heavy (non-hydrogen) atoms. The molecule has 0 saturated heterocycles. The molecule has 3 aromatic rings. The Morgan fingerprint density at radius 3 is 2.83 bits per heavy atom. The molecule has 6 heteroatoms. The number of aromatic nitrogens is 2. The first-order valence-corrected chi connectivity index (χ1v) is 8.30. The van der Waals surface area contributed by atoms with Crippen LogP contribution in [-0.4, -0.2) is 15.3 Å². The number of rotatable bonds is 1. The van der Waals surface area contributed by atoms with E-state index in [0.29, 0.717) is 17.0 Å². The molecule has 0 radical (unpaired) electrons. The third kappa shape index (κ3) is 2.09. The molecular weight excluding hydrogens is 310 g/mol. The van der Waals surface area contributed by atoms with Gasteiger partial charge in [0.1, 0.15) is 11.5 Å². The Hall–Kier alpha value is -2.47. The van der Waals surface area contributed by atoms with Gasteiger partial charge in [0.25, 0.3) is 5.56 Å². The highest BCUT2D eigenvalue weighted by molar-refractivity contribution is 7.10. The van der Waals surface area contributed by atoms with Gasteiger partial charge in [0.2, 0.25) is 5.91 Å². The molecule has 4 heterocycles. The predicted octanol–water partition coefficient (Wildman–Crippen LogP) is 2.85. The van der Waals surface area contributed by atoms with Gasteiger partial charge in [0.05, 0.1) is 5.56 Å². The average molecular weight is 325 g/mol. The number of carbonyl (C=O) groups is 1. The van der Waals surface area contributed by atoms with Crippen molar-refractivity contribution >= 4 is 28.7 Å². The van der Waals surface area contributed by atoms with Crippen molar-refractivity contribution in [2.45, 2.75) is 26.2 Å². The summed E-state index contributed by atoms with van der Waals surface area (Å²) >= 11 is 1.58. The van der Waals surface area contributed by atoms with E-state index in [9.17, 15) is 9.59 Å². The molecule has 0 fully saturated rings. The number of anilines is 1. The fourth-order valence-corrected chi connectivity index (χ4v) is 4.23. The molecule has 0 spiro atoms. The fourth-order valence-electron chi connectivity index (χ4n) is 3.20. The Morgan fingerprint density at radius 2 is 2.09 bits per heavy atom. The van der Waals surface area contributed by atoms with Gasteiger partial charge in [-0.1, -0.05) is 6.07 Å². The van der Waals surface area contributed by atoms with Crippen LogP contribution >= 0.6 is 11.3 Å². The van der Waals surface area contributed by atoms with Gasteiger partial charge in [0, 0.05) is 23.4 Å². The lowest BCUT2D eigenvalue weighted by molar-refractivity contribution is -0.116. The highest BCUT2D eigenvalue weighted by Crippen LogP contribution is 2.38. The predicted molar refractivity (Wildman–Crippen MR) is 90.3 cm³/mol. The van der Waals surface area contributed by atoms with Gasteiger partial charge in [-0.15, -0.1) is 11.3 Å². The van der Waals surface area contributed by atoms with Gasteiger partial charge >= 0.3 is 0 Å². The number of hydrogen-bond acceptors (Lipinski definition) is 4. The largest absolute Gasteiger partial charge is 0.311 e. The highest BCUT2D eigenvalue weighted by atomic mass is 32.1. The normalized spacial score (nSPS) is 17.1. The van der Waals surface area contributed by atoms with E-state index in [4.69, 9.17) is 0 Å². The molecule has 1 amide bonds. The van der Waals surface area contributed by atoms with Crippen LogP contribution in [0.4, 0.5) is 5.82 Å². The molecular formula is C17H15N3O2S. The topological polar surface area (TPSA) is 63.5 Å². The van der Waals surface area contributed by atoms with Gasteiger partial charge in [-0.25, -0.2) is 0 Å². The third-order valence-electron chi connectivity index (χ3n) is 4.31. The summed E-state index contributed by atoms with van der Waals surface area (Å²) in [5.74, 6) is 0.255. The minimum Gasteiger partial charge on any atom is -0.311 e. The van der Waals surface area contributed by atoms with Crippen molar-refractivity contribution in [2.75, 3.05) is 5.32 Å². The Kier molecular flexibility index (Phi) is 3.09. The van der Waals surface area contributed by atoms with Crippen LogP contribution in [0, 0.1) is 13.8 Å². The molecule has 1 aliphatic rings. The number of nitrogens with zero attached hydrogens (tertiary/aromatic N) is 2. The zero-order valence-electron chi connectivity index (χ0n) is 12.8. The first-order chi connectivity index (χ1) is 11.1. The number of nitrogens with one attached hydrogen (secondary N) is 1. The van der Waals surface area contributed by atoms with E-state index >= 15 is 0 Å². The Morgan fingerprint density at radius 1 is 1.26 bits per heavy atom. The van der Waals surface area contributed by atoms with Gasteiger partial charge in [-0.05, 0) is 42.5 Å². The maximum absolute atomic E-state index is 12.7. The summed E-state index contributed by atoms with van der Waals surface area (Å²) < 4.78 is 1.80. The van der Waals surface area contributed by atoms with Crippen molar-refractivity contribution in [1.29, 1.82) is 0 Å². The number of fused-ring (bicyclic) bond motifs is 3. The van der Waals surface area contributed by atoms with E-state index in [1.54, 1.807) is 15.7 Å². The zero-order valence-corrected chi connectivity index (χ0v) is 13.6. The van der Waals surface area contributed by atoms with E-state index in [1.165, 1.54) is 0 Å². The third-order valence-corrected chi connectivity index (χ3v) is 5.44. The molecule has 0 aliphatic carbocycles. The molecule has 0 bridgehead atoms. The first-order valence-electron chi connectivity index (χ1n) is 7.42. The van der Waals surface area contributed by atoms with E-state index in [1.807, 2.05) is 43.6 Å². The summed E-state index contributed by atoms with van der Waals surface area (Å²) in [5.41, 5.74) is 2.91. The van der Waals surface area contributed by atoms with Crippen molar-refractivity contribution in [3.8, 4) is 0 Å².